The summed E-state index contributed by atoms with van der Waals surface area (Å²) in [6, 6.07) is 14.3. The van der Waals surface area contributed by atoms with Gasteiger partial charge in [0.2, 0.25) is 5.91 Å². The van der Waals surface area contributed by atoms with E-state index < -0.39 is 5.91 Å². The molecule has 2 N–H and O–H groups in total. The number of hydrogen-bond acceptors (Lipinski definition) is 3. The minimum absolute atomic E-state index is 0.202. The van der Waals surface area contributed by atoms with E-state index in [-0.39, 0.29) is 12.3 Å². The molecule has 0 bridgehead atoms. The van der Waals surface area contributed by atoms with Crippen LogP contribution >= 0.6 is 23.2 Å². The molecular formula is C19H18Cl2N2O3. The highest BCUT2D eigenvalue weighted by Crippen LogP contribution is 2.27. The Labute approximate surface area is 161 Å². The Balaban J connectivity index is 1.62. The van der Waals surface area contributed by atoms with Gasteiger partial charge in [-0.05, 0) is 36.3 Å². The van der Waals surface area contributed by atoms with Crippen LogP contribution in [0.5, 0.6) is 5.75 Å². The van der Waals surface area contributed by atoms with Crippen LogP contribution in [0.4, 0.5) is 0 Å². The van der Waals surface area contributed by atoms with E-state index in [1.165, 1.54) is 6.08 Å². The highest BCUT2D eigenvalue weighted by Gasteiger charge is 2.05. The summed E-state index contributed by atoms with van der Waals surface area (Å²) in [5, 5.41) is 0.943. The SMILES string of the molecule is O=C(/C=C/c1ccccc1)NNC(=O)CCCOc1ccc(Cl)cc1Cl. The minimum Gasteiger partial charge on any atom is -0.492 e. The fourth-order valence-electron chi connectivity index (χ4n) is 1.98. The summed E-state index contributed by atoms with van der Waals surface area (Å²) in [6.07, 6.45) is 3.68. The van der Waals surface area contributed by atoms with Gasteiger partial charge in [-0.1, -0.05) is 53.5 Å². The first-order chi connectivity index (χ1) is 12.5. The van der Waals surface area contributed by atoms with Crippen molar-refractivity contribution in [3.05, 3.63) is 70.2 Å². The van der Waals surface area contributed by atoms with Gasteiger partial charge in [-0.2, -0.15) is 0 Å². The number of hydrogen-bond donors (Lipinski definition) is 2. The molecular weight excluding hydrogens is 375 g/mol. The van der Waals surface area contributed by atoms with Crippen molar-refractivity contribution in [2.24, 2.45) is 0 Å². The zero-order valence-electron chi connectivity index (χ0n) is 13.9. The third-order valence-corrected chi connectivity index (χ3v) is 3.78. The molecule has 0 spiro atoms. The average molecular weight is 393 g/mol. The van der Waals surface area contributed by atoms with Crippen molar-refractivity contribution in [1.29, 1.82) is 0 Å². The number of rotatable bonds is 7. The first kappa shape index (κ1) is 19.8. The lowest BCUT2D eigenvalue weighted by Gasteiger charge is -2.08. The summed E-state index contributed by atoms with van der Waals surface area (Å²) < 4.78 is 5.49. The van der Waals surface area contributed by atoms with E-state index in [1.807, 2.05) is 30.3 Å². The Kier molecular flexibility index (Phi) is 7.99. The fourth-order valence-corrected chi connectivity index (χ4v) is 2.44. The number of benzene rings is 2. The topological polar surface area (TPSA) is 67.4 Å². The molecule has 0 aromatic heterocycles. The predicted molar refractivity (Wildman–Crippen MR) is 103 cm³/mol. The Hall–Kier alpha value is -2.50. The summed E-state index contributed by atoms with van der Waals surface area (Å²) in [5.74, 6) is -0.209. The van der Waals surface area contributed by atoms with Crippen LogP contribution in [0.15, 0.2) is 54.6 Å². The van der Waals surface area contributed by atoms with Gasteiger partial charge in [0.05, 0.1) is 11.6 Å². The number of hydrazine groups is 1. The number of halogens is 2. The predicted octanol–water partition coefficient (Wildman–Crippen LogP) is 4.01. The molecule has 0 aliphatic carbocycles. The van der Waals surface area contributed by atoms with Gasteiger partial charge in [-0.25, -0.2) is 0 Å². The summed E-state index contributed by atoms with van der Waals surface area (Å²) >= 11 is 11.8. The van der Waals surface area contributed by atoms with Gasteiger partial charge in [0.25, 0.3) is 5.91 Å². The number of carbonyl (C=O) groups is 2. The molecule has 26 heavy (non-hydrogen) atoms. The molecule has 5 nitrogen and oxygen atoms in total. The third-order valence-electron chi connectivity index (χ3n) is 3.25. The lowest BCUT2D eigenvalue weighted by Crippen LogP contribution is -2.40. The Morgan fingerprint density at radius 3 is 2.54 bits per heavy atom. The second-order valence-electron chi connectivity index (χ2n) is 5.31. The number of amides is 2. The standard InChI is InChI=1S/C19H18Cl2N2O3/c20-15-9-10-17(16(21)13-15)26-12-4-7-18(24)22-23-19(25)11-8-14-5-2-1-3-6-14/h1-3,5-6,8-11,13H,4,7,12H2,(H,22,24)(H,23,25)/b11-8+. The van der Waals surface area contributed by atoms with Crippen LogP contribution in [0.25, 0.3) is 6.08 Å². The number of nitrogens with one attached hydrogen (secondary N) is 2. The lowest BCUT2D eigenvalue weighted by molar-refractivity contribution is -0.126. The van der Waals surface area contributed by atoms with E-state index in [4.69, 9.17) is 27.9 Å². The normalized spacial score (nSPS) is 10.5. The van der Waals surface area contributed by atoms with Crippen LogP contribution in [-0.2, 0) is 9.59 Å². The van der Waals surface area contributed by atoms with E-state index in [2.05, 4.69) is 10.9 Å². The summed E-state index contributed by atoms with van der Waals surface area (Å²) in [7, 11) is 0. The first-order valence-corrected chi connectivity index (χ1v) is 8.70. The second-order valence-corrected chi connectivity index (χ2v) is 6.15. The quantitative estimate of drug-likeness (QED) is 0.424. The van der Waals surface area contributed by atoms with Crippen LogP contribution in [0, 0.1) is 0 Å². The molecule has 0 fully saturated rings. The van der Waals surface area contributed by atoms with Crippen molar-refractivity contribution in [3.63, 3.8) is 0 Å². The molecule has 2 amide bonds. The minimum atomic E-state index is -0.411. The maximum atomic E-state index is 11.7. The van der Waals surface area contributed by atoms with Crippen LogP contribution in [0.1, 0.15) is 18.4 Å². The molecule has 7 heteroatoms. The second kappa shape index (κ2) is 10.5. The zero-order valence-corrected chi connectivity index (χ0v) is 15.4. The molecule has 136 valence electrons. The monoisotopic (exact) mass is 392 g/mol. The van der Waals surface area contributed by atoms with Crippen molar-refractivity contribution in [2.75, 3.05) is 6.61 Å². The van der Waals surface area contributed by atoms with Gasteiger partial charge < -0.3 is 4.74 Å². The largest absolute Gasteiger partial charge is 0.492 e. The Bertz CT molecular complexity index is 780. The summed E-state index contributed by atoms with van der Waals surface area (Å²) in [5.41, 5.74) is 5.57. The maximum Gasteiger partial charge on any atom is 0.262 e. The van der Waals surface area contributed by atoms with Gasteiger partial charge in [-0.3, -0.25) is 20.4 Å². The van der Waals surface area contributed by atoms with Gasteiger partial charge in [0, 0.05) is 17.5 Å². The van der Waals surface area contributed by atoms with Crippen molar-refractivity contribution >= 4 is 41.1 Å². The molecule has 2 aromatic carbocycles. The Morgan fingerprint density at radius 1 is 1.04 bits per heavy atom. The molecule has 0 radical (unpaired) electrons. The molecule has 0 saturated heterocycles. The van der Waals surface area contributed by atoms with Gasteiger partial charge in [0.15, 0.2) is 0 Å². The number of carbonyl (C=O) groups excluding carboxylic acids is 2. The van der Waals surface area contributed by atoms with E-state index in [0.717, 1.165) is 5.56 Å². The van der Waals surface area contributed by atoms with E-state index in [0.29, 0.717) is 28.8 Å². The number of ether oxygens (including phenoxy) is 1. The van der Waals surface area contributed by atoms with Crippen LogP contribution in [-0.4, -0.2) is 18.4 Å². The van der Waals surface area contributed by atoms with Crippen LogP contribution in [0.3, 0.4) is 0 Å². The van der Waals surface area contributed by atoms with Crippen molar-refractivity contribution < 1.29 is 14.3 Å². The summed E-state index contributed by atoms with van der Waals surface area (Å²) in [4.78, 5) is 23.3. The maximum absolute atomic E-state index is 11.7. The Morgan fingerprint density at radius 2 is 1.81 bits per heavy atom. The molecule has 0 aliphatic heterocycles. The lowest BCUT2D eigenvalue weighted by atomic mass is 10.2. The fraction of sp³-hybridized carbons (Fsp3) is 0.158. The molecule has 0 atom stereocenters. The van der Waals surface area contributed by atoms with E-state index >= 15 is 0 Å². The summed E-state index contributed by atoms with van der Waals surface area (Å²) in [6.45, 7) is 0.316. The third kappa shape index (κ3) is 7.17. The van der Waals surface area contributed by atoms with Crippen molar-refractivity contribution in [1.82, 2.24) is 10.9 Å². The molecule has 0 heterocycles. The molecule has 0 saturated carbocycles. The van der Waals surface area contributed by atoms with E-state index in [1.54, 1.807) is 24.3 Å². The average Bonchev–Trinajstić information content (AvgIpc) is 2.64. The van der Waals surface area contributed by atoms with Crippen LogP contribution < -0.4 is 15.6 Å². The van der Waals surface area contributed by atoms with Gasteiger partial charge >= 0.3 is 0 Å². The molecule has 2 aromatic rings. The van der Waals surface area contributed by atoms with Gasteiger partial charge in [-0.15, -0.1) is 0 Å². The molecule has 0 aliphatic rings. The van der Waals surface area contributed by atoms with Crippen LogP contribution in [0.2, 0.25) is 10.0 Å². The molecule has 0 unspecified atom stereocenters. The van der Waals surface area contributed by atoms with Gasteiger partial charge in [0.1, 0.15) is 5.75 Å². The first-order valence-electron chi connectivity index (χ1n) is 7.94. The highest BCUT2D eigenvalue weighted by atomic mass is 35.5. The van der Waals surface area contributed by atoms with Crippen molar-refractivity contribution in [2.45, 2.75) is 12.8 Å². The smallest absolute Gasteiger partial charge is 0.262 e. The zero-order chi connectivity index (χ0) is 18.8. The van der Waals surface area contributed by atoms with E-state index in [9.17, 15) is 9.59 Å². The molecule has 2 rings (SSSR count). The van der Waals surface area contributed by atoms with Crippen molar-refractivity contribution in [3.8, 4) is 5.75 Å². The highest BCUT2D eigenvalue weighted by molar-refractivity contribution is 6.35.